The van der Waals surface area contributed by atoms with E-state index in [0.29, 0.717) is 21.3 Å². The predicted molar refractivity (Wildman–Crippen MR) is 67.1 cm³/mol. The third-order valence-corrected chi connectivity index (χ3v) is 3.60. The van der Waals surface area contributed by atoms with Crippen LogP contribution in [0.3, 0.4) is 0 Å². The van der Waals surface area contributed by atoms with Gasteiger partial charge < -0.3 is 9.94 Å². The summed E-state index contributed by atoms with van der Waals surface area (Å²) in [4.78, 5) is 16.6. The first-order chi connectivity index (χ1) is 8.59. The molecule has 92 valence electrons. The highest BCUT2D eigenvalue weighted by Gasteiger charge is 2.47. The highest BCUT2D eigenvalue weighted by atomic mass is 35.5. The molecule has 0 spiro atoms. The molecule has 1 aromatic carbocycles. The highest BCUT2D eigenvalue weighted by molar-refractivity contribution is 6.40. The smallest absolute Gasteiger partial charge is 0.204 e. The van der Waals surface area contributed by atoms with Crippen molar-refractivity contribution >= 4 is 34.7 Å². The van der Waals surface area contributed by atoms with Gasteiger partial charge in [0.1, 0.15) is 17.4 Å². The van der Waals surface area contributed by atoms with Gasteiger partial charge in [-0.25, -0.2) is 0 Å². The van der Waals surface area contributed by atoms with Gasteiger partial charge in [-0.3, -0.25) is 4.79 Å². The fourth-order valence-corrected chi connectivity index (χ4v) is 2.74. The van der Waals surface area contributed by atoms with Gasteiger partial charge in [-0.15, -0.1) is 0 Å². The Labute approximate surface area is 112 Å². The summed E-state index contributed by atoms with van der Waals surface area (Å²) < 4.78 is 0. The number of carbonyl (C=O) groups is 1. The van der Waals surface area contributed by atoms with Gasteiger partial charge >= 0.3 is 0 Å². The van der Waals surface area contributed by atoms with E-state index >= 15 is 0 Å². The van der Waals surface area contributed by atoms with Crippen LogP contribution < -0.4 is 0 Å². The molecule has 1 N–H and O–H groups in total. The van der Waals surface area contributed by atoms with E-state index in [1.165, 1.54) is 0 Å². The Kier molecular flexibility index (Phi) is 2.57. The van der Waals surface area contributed by atoms with Crippen molar-refractivity contribution in [3.05, 3.63) is 45.6 Å². The van der Waals surface area contributed by atoms with Crippen LogP contribution in [0.25, 0.3) is 0 Å². The minimum atomic E-state index is -0.799. The molecule has 18 heavy (non-hydrogen) atoms. The zero-order chi connectivity index (χ0) is 12.9. The lowest BCUT2D eigenvalue weighted by atomic mass is 9.93. The Morgan fingerprint density at radius 2 is 1.94 bits per heavy atom. The lowest BCUT2D eigenvalue weighted by Gasteiger charge is -2.12. The van der Waals surface area contributed by atoms with Crippen LogP contribution in [0.4, 0.5) is 0 Å². The van der Waals surface area contributed by atoms with Gasteiger partial charge in [0.2, 0.25) is 11.9 Å². The average Bonchev–Trinajstić information content (AvgIpc) is 2.83. The summed E-state index contributed by atoms with van der Waals surface area (Å²) in [6, 6.07) is 5.03. The third-order valence-electron chi connectivity index (χ3n) is 2.97. The second-order valence-corrected chi connectivity index (χ2v) is 4.86. The SMILES string of the molecule is O=C1C=C(O)C2C(c3c(Cl)cccc3Cl)=NOC12. The molecule has 0 bridgehead atoms. The van der Waals surface area contributed by atoms with Crippen LogP contribution in [-0.2, 0) is 9.63 Å². The standard InChI is InChI=1S/C12H7Cl2NO3/c13-5-2-1-3-6(14)9(5)11-10-7(16)4-8(17)12(10)18-15-11/h1-4,10,12,16H. The summed E-state index contributed by atoms with van der Waals surface area (Å²) in [7, 11) is 0. The number of hydrogen-bond acceptors (Lipinski definition) is 4. The molecule has 0 radical (unpaired) electrons. The first kappa shape index (κ1) is 11.6. The predicted octanol–water partition coefficient (Wildman–Crippen LogP) is 2.74. The molecule has 1 aromatic rings. The molecule has 3 rings (SSSR count). The van der Waals surface area contributed by atoms with Crippen LogP contribution in [-0.4, -0.2) is 22.7 Å². The van der Waals surface area contributed by atoms with Crippen molar-refractivity contribution in [1.29, 1.82) is 0 Å². The molecule has 1 aliphatic heterocycles. The summed E-state index contributed by atoms with van der Waals surface area (Å²) in [5.74, 6) is -0.994. The van der Waals surface area contributed by atoms with E-state index in [2.05, 4.69) is 5.16 Å². The van der Waals surface area contributed by atoms with Crippen molar-refractivity contribution in [3.8, 4) is 0 Å². The van der Waals surface area contributed by atoms with E-state index in [4.69, 9.17) is 28.0 Å². The number of halogens is 2. The number of ketones is 1. The molecule has 0 aromatic heterocycles. The summed E-state index contributed by atoms with van der Waals surface area (Å²) in [5.41, 5.74) is 0.873. The van der Waals surface area contributed by atoms with E-state index in [1.807, 2.05) is 0 Å². The quantitative estimate of drug-likeness (QED) is 0.862. The topological polar surface area (TPSA) is 58.9 Å². The second kappa shape index (κ2) is 4.00. The molecule has 2 unspecified atom stereocenters. The van der Waals surface area contributed by atoms with E-state index in [9.17, 15) is 9.90 Å². The molecule has 2 atom stereocenters. The zero-order valence-corrected chi connectivity index (χ0v) is 10.4. The fraction of sp³-hybridized carbons (Fsp3) is 0.167. The molecule has 0 saturated carbocycles. The first-order valence-corrected chi connectivity index (χ1v) is 5.97. The van der Waals surface area contributed by atoms with Crippen molar-refractivity contribution in [1.82, 2.24) is 0 Å². The molecule has 2 aliphatic rings. The van der Waals surface area contributed by atoms with E-state index in [-0.39, 0.29) is 11.5 Å². The maximum atomic E-state index is 11.5. The van der Waals surface area contributed by atoms with Gasteiger partial charge in [0, 0.05) is 11.6 Å². The van der Waals surface area contributed by atoms with Crippen molar-refractivity contribution in [3.63, 3.8) is 0 Å². The van der Waals surface area contributed by atoms with E-state index in [1.54, 1.807) is 18.2 Å². The number of hydrogen-bond donors (Lipinski definition) is 1. The van der Waals surface area contributed by atoms with Crippen LogP contribution in [0.2, 0.25) is 10.0 Å². The normalized spacial score (nSPS) is 25.6. The summed E-state index contributed by atoms with van der Waals surface area (Å²) in [6.07, 6.45) is 0.349. The molecule has 6 heteroatoms. The van der Waals surface area contributed by atoms with Gasteiger partial charge in [0.15, 0.2) is 0 Å². The molecular formula is C12H7Cl2NO3. The molecule has 1 aliphatic carbocycles. The maximum Gasteiger partial charge on any atom is 0.204 e. The van der Waals surface area contributed by atoms with Crippen molar-refractivity contribution < 1.29 is 14.7 Å². The van der Waals surface area contributed by atoms with Crippen molar-refractivity contribution in [2.24, 2.45) is 11.1 Å². The minimum Gasteiger partial charge on any atom is -0.511 e. The zero-order valence-electron chi connectivity index (χ0n) is 8.93. The summed E-state index contributed by atoms with van der Waals surface area (Å²) in [6.45, 7) is 0. The molecule has 1 heterocycles. The number of aliphatic hydroxyl groups is 1. The average molecular weight is 284 g/mol. The van der Waals surface area contributed by atoms with Gasteiger partial charge in [-0.05, 0) is 12.1 Å². The van der Waals surface area contributed by atoms with Gasteiger partial charge in [-0.1, -0.05) is 34.4 Å². The number of oxime groups is 1. The van der Waals surface area contributed by atoms with Gasteiger partial charge in [0.25, 0.3) is 0 Å². The fourth-order valence-electron chi connectivity index (χ4n) is 2.15. The number of benzene rings is 1. The number of carbonyl (C=O) groups excluding carboxylic acids is 1. The van der Waals surface area contributed by atoms with E-state index < -0.39 is 12.0 Å². The molecule has 0 saturated heterocycles. The molecular weight excluding hydrogens is 277 g/mol. The van der Waals surface area contributed by atoms with Gasteiger partial charge in [-0.2, -0.15) is 0 Å². The number of fused-ring (bicyclic) bond motifs is 1. The Morgan fingerprint density at radius 3 is 2.61 bits per heavy atom. The van der Waals surface area contributed by atoms with Crippen LogP contribution >= 0.6 is 23.2 Å². The monoisotopic (exact) mass is 283 g/mol. The van der Waals surface area contributed by atoms with E-state index in [0.717, 1.165) is 6.08 Å². The largest absolute Gasteiger partial charge is 0.511 e. The number of rotatable bonds is 1. The van der Waals surface area contributed by atoms with Crippen molar-refractivity contribution in [2.75, 3.05) is 0 Å². The maximum absolute atomic E-state index is 11.5. The van der Waals surface area contributed by atoms with Crippen LogP contribution in [0.1, 0.15) is 5.56 Å². The van der Waals surface area contributed by atoms with Gasteiger partial charge in [0.05, 0.1) is 10.0 Å². The first-order valence-electron chi connectivity index (χ1n) is 5.22. The molecule has 0 fully saturated rings. The third kappa shape index (κ3) is 1.53. The second-order valence-electron chi connectivity index (χ2n) is 4.05. The summed E-state index contributed by atoms with van der Waals surface area (Å²) >= 11 is 12.2. The van der Waals surface area contributed by atoms with Crippen LogP contribution in [0, 0.1) is 5.92 Å². The van der Waals surface area contributed by atoms with Crippen LogP contribution in [0.15, 0.2) is 35.2 Å². The Balaban J connectivity index is 2.10. The Morgan fingerprint density at radius 1 is 1.28 bits per heavy atom. The lowest BCUT2D eigenvalue weighted by molar-refractivity contribution is -0.124. The number of aliphatic hydroxyl groups excluding tert-OH is 1. The molecule has 0 amide bonds. The Bertz CT molecular complexity index is 589. The highest BCUT2D eigenvalue weighted by Crippen LogP contribution is 2.37. The van der Waals surface area contributed by atoms with Crippen LogP contribution in [0.5, 0.6) is 0 Å². The Hall–Kier alpha value is -1.52. The molecule has 4 nitrogen and oxygen atoms in total. The lowest BCUT2D eigenvalue weighted by Crippen LogP contribution is -2.26. The summed E-state index contributed by atoms with van der Waals surface area (Å²) in [5, 5.41) is 14.4. The number of nitrogens with zero attached hydrogens (tertiary/aromatic N) is 1. The minimum absolute atomic E-state index is 0.0720. The van der Waals surface area contributed by atoms with Crippen molar-refractivity contribution in [2.45, 2.75) is 6.10 Å².